The van der Waals surface area contributed by atoms with Crippen LogP contribution in [0.15, 0.2) is 30.3 Å². The second-order valence-electron chi connectivity index (χ2n) is 5.84. The van der Waals surface area contributed by atoms with Crippen molar-refractivity contribution < 1.29 is 14.3 Å². The fourth-order valence-corrected chi connectivity index (χ4v) is 2.90. The van der Waals surface area contributed by atoms with E-state index in [0.29, 0.717) is 26.4 Å². The Balaban J connectivity index is 1.44. The summed E-state index contributed by atoms with van der Waals surface area (Å²) in [5.74, 6) is 0.0733. The molecule has 116 valence electrons. The molecule has 0 spiro atoms. The molecular formula is C17H20N2O3. The van der Waals surface area contributed by atoms with E-state index in [1.165, 1.54) is 0 Å². The van der Waals surface area contributed by atoms with Gasteiger partial charge in [-0.25, -0.2) is 0 Å². The summed E-state index contributed by atoms with van der Waals surface area (Å²) < 4.78 is 11.1. The van der Waals surface area contributed by atoms with E-state index in [-0.39, 0.29) is 17.9 Å². The zero-order valence-electron chi connectivity index (χ0n) is 12.5. The third-order valence-electron chi connectivity index (χ3n) is 4.33. The predicted octanol–water partition coefficient (Wildman–Crippen LogP) is 1.73. The zero-order valence-corrected chi connectivity index (χ0v) is 12.5. The molecule has 22 heavy (non-hydrogen) atoms. The molecule has 5 nitrogen and oxygen atoms in total. The smallest absolute Gasteiger partial charge is 0.227 e. The number of carbonyl (C=O) groups is 1. The van der Waals surface area contributed by atoms with Crippen LogP contribution < -0.4 is 0 Å². The van der Waals surface area contributed by atoms with Gasteiger partial charge in [-0.3, -0.25) is 4.79 Å². The molecule has 1 saturated heterocycles. The Morgan fingerprint density at radius 3 is 2.86 bits per heavy atom. The molecule has 1 atom stereocenters. The minimum Gasteiger partial charge on any atom is -0.376 e. The van der Waals surface area contributed by atoms with Crippen LogP contribution >= 0.6 is 0 Å². The van der Waals surface area contributed by atoms with Crippen molar-refractivity contribution in [2.75, 3.05) is 19.8 Å². The fraction of sp³-hybridized carbons (Fsp3) is 0.529. The van der Waals surface area contributed by atoms with E-state index >= 15 is 0 Å². The number of nitrogens with zero attached hydrogens (tertiary/aromatic N) is 2. The maximum absolute atomic E-state index is 12.4. The molecule has 1 unspecified atom stereocenters. The third-order valence-corrected chi connectivity index (χ3v) is 4.33. The molecule has 1 heterocycles. The molecule has 1 aliphatic carbocycles. The number of rotatable bonds is 4. The monoisotopic (exact) mass is 300 g/mol. The van der Waals surface area contributed by atoms with Crippen LogP contribution in [0.1, 0.15) is 18.4 Å². The number of hydrogen-bond acceptors (Lipinski definition) is 4. The lowest BCUT2D eigenvalue weighted by atomic mass is 9.81. The first-order valence-electron chi connectivity index (χ1n) is 7.71. The summed E-state index contributed by atoms with van der Waals surface area (Å²) in [4.78, 5) is 14.1. The SMILES string of the molecule is N#CC1COCCN1C(=O)C1CC(OCc2ccccc2)C1. The Hall–Kier alpha value is -1.90. The Bertz CT molecular complexity index is 549. The largest absolute Gasteiger partial charge is 0.376 e. The van der Waals surface area contributed by atoms with Gasteiger partial charge in [-0.05, 0) is 18.4 Å². The molecule has 1 aliphatic heterocycles. The number of nitriles is 1. The third kappa shape index (κ3) is 3.29. The average molecular weight is 300 g/mol. The summed E-state index contributed by atoms with van der Waals surface area (Å²) in [6.07, 6.45) is 1.65. The van der Waals surface area contributed by atoms with Crippen LogP contribution in [0.25, 0.3) is 0 Å². The summed E-state index contributed by atoms with van der Waals surface area (Å²) in [5.41, 5.74) is 1.15. The number of amides is 1. The van der Waals surface area contributed by atoms with Crippen molar-refractivity contribution in [3.63, 3.8) is 0 Å². The highest BCUT2D eigenvalue weighted by Crippen LogP contribution is 2.33. The van der Waals surface area contributed by atoms with Crippen LogP contribution in [0, 0.1) is 17.2 Å². The molecule has 5 heteroatoms. The molecule has 0 bridgehead atoms. The van der Waals surface area contributed by atoms with Crippen molar-refractivity contribution in [1.82, 2.24) is 4.90 Å². The first-order valence-corrected chi connectivity index (χ1v) is 7.71. The average Bonchev–Trinajstić information content (AvgIpc) is 2.54. The summed E-state index contributed by atoms with van der Waals surface area (Å²) in [6.45, 7) is 1.95. The number of morpholine rings is 1. The number of carbonyl (C=O) groups excluding carboxylic acids is 1. The molecule has 0 aromatic heterocycles. The molecule has 2 aliphatic rings. The van der Waals surface area contributed by atoms with E-state index in [1.54, 1.807) is 4.90 Å². The van der Waals surface area contributed by atoms with E-state index in [1.807, 2.05) is 30.3 Å². The molecule has 1 saturated carbocycles. The molecular weight excluding hydrogens is 280 g/mol. The topological polar surface area (TPSA) is 62.6 Å². The highest BCUT2D eigenvalue weighted by atomic mass is 16.5. The van der Waals surface area contributed by atoms with Crippen molar-refractivity contribution in [3.8, 4) is 6.07 Å². The Labute approximate surface area is 130 Å². The van der Waals surface area contributed by atoms with Gasteiger partial charge in [0.15, 0.2) is 0 Å². The van der Waals surface area contributed by atoms with Gasteiger partial charge in [0.1, 0.15) is 6.04 Å². The van der Waals surface area contributed by atoms with E-state index in [4.69, 9.17) is 14.7 Å². The van der Waals surface area contributed by atoms with Crippen molar-refractivity contribution in [2.45, 2.75) is 31.6 Å². The summed E-state index contributed by atoms with van der Waals surface area (Å²) in [5, 5.41) is 9.10. The van der Waals surface area contributed by atoms with Gasteiger partial charge in [-0.2, -0.15) is 5.26 Å². The Morgan fingerprint density at radius 1 is 1.36 bits per heavy atom. The van der Waals surface area contributed by atoms with Crippen LogP contribution in [-0.4, -0.2) is 42.7 Å². The first kappa shape index (κ1) is 15.0. The summed E-state index contributed by atoms with van der Waals surface area (Å²) >= 11 is 0. The summed E-state index contributed by atoms with van der Waals surface area (Å²) in [7, 11) is 0. The van der Waals surface area contributed by atoms with Gasteiger partial charge in [0.2, 0.25) is 5.91 Å². The minimum absolute atomic E-state index is 0.00489. The molecule has 0 radical (unpaired) electrons. The zero-order chi connectivity index (χ0) is 15.4. The molecule has 3 rings (SSSR count). The van der Waals surface area contributed by atoms with Crippen LogP contribution in [0.3, 0.4) is 0 Å². The number of ether oxygens (including phenoxy) is 2. The molecule has 1 aromatic rings. The van der Waals surface area contributed by atoms with Gasteiger partial charge in [0.25, 0.3) is 0 Å². The maximum atomic E-state index is 12.4. The van der Waals surface area contributed by atoms with Gasteiger partial charge < -0.3 is 14.4 Å². The van der Waals surface area contributed by atoms with Crippen LogP contribution in [0.5, 0.6) is 0 Å². The molecule has 1 amide bonds. The van der Waals surface area contributed by atoms with Gasteiger partial charge in [0.05, 0.1) is 32.0 Å². The Kier molecular flexibility index (Phi) is 4.71. The number of hydrogen-bond donors (Lipinski definition) is 0. The predicted molar refractivity (Wildman–Crippen MR) is 79.7 cm³/mol. The van der Waals surface area contributed by atoms with Crippen LogP contribution in [0.4, 0.5) is 0 Å². The standard InChI is InChI=1S/C17H20N2O3/c18-10-15-12-21-7-6-19(15)17(20)14-8-16(9-14)22-11-13-4-2-1-3-5-13/h1-5,14-16H,6-9,11-12H2. The minimum atomic E-state index is -0.439. The van der Waals surface area contributed by atoms with E-state index < -0.39 is 6.04 Å². The maximum Gasteiger partial charge on any atom is 0.227 e. The van der Waals surface area contributed by atoms with Crippen molar-refractivity contribution >= 4 is 5.91 Å². The molecule has 1 aromatic carbocycles. The van der Waals surface area contributed by atoms with E-state index in [2.05, 4.69) is 6.07 Å². The van der Waals surface area contributed by atoms with Crippen molar-refractivity contribution in [1.29, 1.82) is 5.26 Å². The van der Waals surface area contributed by atoms with E-state index in [9.17, 15) is 4.79 Å². The highest BCUT2D eigenvalue weighted by molar-refractivity contribution is 5.80. The van der Waals surface area contributed by atoms with Gasteiger partial charge >= 0.3 is 0 Å². The van der Waals surface area contributed by atoms with Gasteiger partial charge in [-0.15, -0.1) is 0 Å². The second kappa shape index (κ2) is 6.91. The van der Waals surface area contributed by atoms with Crippen LogP contribution in [-0.2, 0) is 20.9 Å². The van der Waals surface area contributed by atoms with Gasteiger partial charge in [0, 0.05) is 12.5 Å². The normalized spacial score (nSPS) is 27.8. The van der Waals surface area contributed by atoms with Crippen molar-refractivity contribution in [3.05, 3.63) is 35.9 Å². The summed E-state index contributed by atoms with van der Waals surface area (Å²) in [6, 6.07) is 11.7. The second-order valence-corrected chi connectivity index (χ2v) is 5.84. The van der Waals surface area contributed by atoms with Crippen LogP contribution in [0.2, 0.25) is 0 Å². The quantitative estimate of drug-likeness (QED) is 0.849. The first-order chi connectivity index (χ1) is 10.8. The highest BCUT2D eigenvalue weighted by Gasteiger charge is 2.40. The fourth-order valence-electron chi connectivity index (χ4n) is 2.90. The lowest BCUT2D eigenvalue weighted by molar-refractivity contribution is -0.151. The Morgan fingerprint density at radius 2 is 2.14 bits per heavy atom. The molecule has 2 fully saturated rings. The van der Waals surface area contributed by atoms with Crippen molar-refractivity contribution in [2.24, 2.45) is 5.92 Å². The lowest BCUT2D eigenvalue weighted by Gasteiger charge is -2.40. The lowest BCUT2D eigenvalue weighted by Crippen LogP contribution is -2.53. The van der Waals surface area contributed by atoms with E-state index in [0.717, 1.165) is 18.4 Å². The van der Waals surface area contributed by atoms with Gasteiger partial charge in [-0.1, -0.05) is 30.3 Å². The molecule has 0 N–H and O–H groups in total. The number of benzene rings is 1.